The maximum atomic E-state index is 2.65. The predicted octanol–water partition coefficient (Wildman–Crippen LogP) is 20.7. The highest BCUT2D eigenvalue weighted by Gasteiger charge is 2.20. The third kappa shape index (κ3) is 58.6. The molecule has 0 rings (SSSR count). The zero-order valence-electron chi connectivity index (χ0n) is 47.3. The topological polar surface area (TPSA) is 0 Å². The van der Waals surface area contributed by atoms with Crippen LogP contribution in [0.25, 0.3) is 0 Å². The Hall–Kier alpha value is 0.250. The Morgan fingerprint density at radius 1 is 0.152 bits per heavy atom. The van der Waals surface area contributed by atoms with Gasteiger partial charge in [-0.05, 0) is 38.5 Å². The molecule has 0 aromatic heterocycles. The SMILES string of the molecule is CCCCCCCCCCCCCCCCCCCCCCC[N+](C)(CCCCCCCCCCCCCCCCCCCC)CCCCCCCCCCCCCCCCCCCC.[Cl-]. The molecule has 0 aromatic rings. The summed E-state index contributed by atoms with van der Waals surface area (Å²) in [5.74, 6) is 0. The summed E-state index contributed by atoms with van der Waals surface area (Å²) in [6.45, 7) is 11.3. The molecule has 0 N–H and O–H groups in total. The van der Waals surface area contributed by atoms with Crippen LogP contribution in [0.15, 0.2) is 0 Å². The lowest BCUT2D eigenvalue weighted by Gasteiger charge is -2.35. The van der Waals surface area contributed by atoms with Gasteiger partial charge in [-0.2, -0.15) is 0 Å². The van der Waals surface area contributed by atoms with Gasteiger partial charge in [0.25, 0.3) is 0 Å². The van der Waals surface area contributed by atoms with Crippen molar-refractivity contribution in [1.29, 1.82) is 0 Å². The molecule has 2 heteroatoms. The Morgan fingerprint density at radius 3 is 0.348 bits per heavy atom. The van der Waals surface area contributed by atoms with E-state index >= 15 is 0 Å². The molecule has 1 nitrogen and oxygen atoms in total. The zero-order chi connectivity index (χ0) is 46.9. The van der Waals surface area contributed by atoms with Crippen molar-refractivity contribution in [2.45, 2.75) is 387 Å². The van der Waals surface area contributed by atoms with Crippen LogP contribution < -0.4 is 12.4 Å². The highest BCUT2D eigenvalue weighted by molar-refractivity contribution is 4.56. The van der Waals surface area contributed by atoms with E-state index in [4.69, 9.17) is 0 Å². The van der Waals surface area contributed by atoms with Gasteiger partial charge in [-0.1, -0.05) is 348 Å². The Morgan fingerprint density at radius 2 is 0.242 bits per heavy atom. The van der Waals surface area contributed by atoms with Gasteiger partial charge in [-0.15, -0.1) is 0 Å². The van der Waals surface area contributed by atoms with E-state index in [-0.39, 0.29) is 12.4 Å². The van der Waals surface area contributed by atoms with E-state index in [9.17, 15) is 0 Å². The number of rotatable bonds is 60. The van der Waals surface area contributed by atoms with Gasteiger partial charge < -0.3 is 16.9 Å². The first-order valence-corrected chi connectivity index (χ1v) is 32.0. The summed E-state index contributed by atoms with van der Waals surface area (Å²) in [6.07, 6.45) is 84.2. The summed E-state index contributed by atoms with van der Waals surface area (Å²) < 4.78 is 1.37. The van der Waals surface area contributed by atoms with Crippen LogP contribution in [0.4, 0.5) is 0 Å². The number of unbranched alkanes of at least 4 members (excludes halogenated alkanes) is 54. The van der Waals surface area contributed by atoms with Crippen LogP contribution in [-0.4, -0.2) is 31.2 Å². The van der Waals surface area contributed by atoms with Crippen LogP contribution in [0.5, 0.6) is 0 Å². The third-order valence-corrected chi connectivity index (χ3v) is 15.9. The largest absolute Gasteiger partial charge is 1.00 e. The highest BCUT2D eigenvalue weighted by atomic mass is 35.5. The first kappa shape index (κ1) is 68.3. The number of hydrogen-bond donors (Lipinski definition) is 0. The number of halogens is 1. The second-order valence-corrected chi connectivity index (χ2v) is 22.9. The summed E-state index contributed by atoms with van der Waals surface area (Å²) in [5, 5.41) is 0. The van der Waals surface area contributed by atoms with Crippen molar-refractivity contribution in [3.05, 3.63) is 0 Å². The van der Waals surface area contributed by atoms with Crippen molar-refractivity contribution in [3.63, 3.8) is 0 Å². The van der Waals surface area contributed by atoms with Gasteiger partial charge in [0.2, 0.25) is 0 Å². The van der Waals surface area contributed by atoms with E-state index in [1.807, 2.05) is 0 Å². The summed E-state index contributed by atoms with van der Waals surface area (Å²) >= 11 is 0. The second-order valence-electron chi connectivity index (χ2n) is 22.9. The summed E-state index contributed by atoms with van der Waals surface area (Å²) in [4.78, 5) is 0. The normalized spacial score (nSPS) is 11.8. The Labute approximate surface area is 428 Å². The van der Waals surface area contributed by atoms with Crippen molar-refractivity contribution < 1.29 is 16.9 Å². The van der Waals surface area contributed by atoms with Crippen molar-refractivity contribution >= 4 is 0 Å². The maximum absolute atomic E-state index is 2.65. The minimum Gasteiger partial charge on any atom is -1.00 e. The third-order valence-electron chi connectivity index (χ3n) is 15.9. The van der Waals surface area contributed by atoms with Gasteiger partial charge in [-0.25, -0.2) is 0 Å². The fraction of sp³-hybridized carbons (Fsp3) is 1.00. The van der Waals surface area contributed by atoms with Gasteiger partial charge in [0, 0.05) is 0 Å². The highest BCUT2D eigenvalue weighted by Crippen LogP contribution is 2.20. The molecule has 0 saturated carbocycles. The van der Waals surface area contributed by atoms with Crippen molar-refractivity contribution in [2.24, 2.45) is 0 Å². The Kier molecular flexibility index (Phi) is 63.5. The molecule has 0 aromatic carbocycles. The average Bonchev–Trinajstić information content (AvgIpc) is 3.31. The first-order valence-electron chi connectivity index (χ1n) is 32.0. The number of hydrogen-bond acceptors (Lipinski definition) is 0. The molecular weight excluding hydrogens is 818 g/mol. The molecule has 0 aliphatic rings. The Bertz CT molecular complexity index is 771. The second kappa shape index (κ2) is 61.4. The van der Waals surface area contributed by atoms with Gasteiger partial charge in [0.15, 0.2) is 0 Å². The van der Waals surface area contributed by atoms with Crippen LogP contribution in [0, 0.1) is 0 Å². The monoisotopic (exact) mass is 950 g/mol. The number of nitrogens with zero attached hydrogens (tertiary/aromatic N) is 1. The van der Waals surface area contributed by atoms with Crippen LogP contribution in [0.2, 0.25) is 0 Å². The smallest absolute Gasteiger partial charge is 0.0784 e. The maximum Gasteiger partial charge on any atom is 0.0784 e. The minimum absolute atomic E-state index is 0. The fourth-order valence-corrected chi connectivity index (χ4v) is 11.1. The molecule has 0 atom stereocenters. The lowest BCUT2D eigenvalue weighted by Crippen LogP contribution is -3.00. The summed E-state index contributed by atoms with van der Waals surface area (Å²) in [6, 6.07) is 0. The predicted molar refractivity (Wildman–Crippen MR) is 301 cm³/mol. The zero-order valence-corrected chi connectivity index (χ0v) is 48.0. The van der Waals surface area contributed by atoms with E-state index in [1.165, 1.54) is 390 Å². The van der Waals surface area contributed by atoms with Crippen molar-refractivity contribution in [2.75, 3.05) is 26.7 Å². The van der Waals surface area contributed by atoms with Crippen LogP contribution in [0.3, 0.4) is 0 Å². The lowest BCUT2D eigenvalue weighted by molar-refractivity contribution is -0.910. The van der Waals surface area contributed by atoms with Gasteiger partial charge in [-0.3, -0.25) is 0 Å². The quantitative estimate of drug-likeness (QED) is 0.0421. The van der Waals surface area contributed by atoms with E-state index in [0.29, 0.717) is 0 Å². The molecule has 0 amide bonds. The molecule has 0 aliphatic heterocycles. The van der Waals surface area contributed by atoms with Gasteiger partial charge in [0.1, 0.15) is 0 Å². The molecule has 0 heterocycles. The summed E-state index contributed by atoms with van der Waals surface area (Å²) in [7, 11) is 2.65. The van der Waals surface area contributed by atoms with Crippen LogP contribution in [-0.2, 0) is 0 Å². The Balaban J connectivity index is 0. The van der Waals surface area contributed by atoms with Gasteiger partial charge >= 0.3 is 0 Å². The molecule has 0 fully saturated rings. The van der Waals surface area contributed by atoms with E-state index in [0.717, 1.165) is 0 Å². The molecular formula is C64H132ClN. The van der Waals surface area contributed by atoms with E-state index in [2.05, 4.69) is 27.8 Å². The molecule has 0 radical (unpaired) electrons. The van der Waals surface area contributed by atoms with Crippen LogP contribution in [0.1, 0.15) is 387 Å². The van der Waals surface area contributed by atoms with Crippen molar-refractivity contribution in [1.82, 2.24) is 0 Å². The molecule has 400 valence electrons. The molecule has 0 saturated heterocycles. The lowest BCUT2D eigenvalue weighted by atomic mass is 10.0. The molecule has 0 aliphatic carbocycles. The molecule has 0 unspecified atom stereocenters. The molecule has 0 spiro atoms. The van der Waals surface area contributed by atoms with Gasteiger partial charge in [0.05, 0.1) is 26.7 Å². The molecule has 0 bridgehead atoms. The molecule has 66 heavy (non-hydrogen) atoms. The minimum atomic E-state index is 0. The first-order chi connectivity index (χ1) is 32.2. The van der Waals surface area contributed by atoms with Crippen molar-refractivity contribution in [3.8, 4) is 0 Å². The van der Waals surface area contributed by atoms with Crippen LogP contribution >= 0.6 is 0 Å². The summed E-state index contributed by atoms with van der Waals surface area (Å²) in [5.41, 5.74) is 0. The van der Waals surface area contributed by atoms with E-state index < -0.39 is 0 Å². The number of quaternary nitrogens is 1. The standard InChI is InChI=1S/C64H132N.ClH/c1-5-8-11-14-17-20-23-26-29-32-35-36-37-40-43-46-49-52-55-58-61-64-65(4,62-59-56-53-50-47-44-41-38-33-30-27-24-21-18-15-12-9-6-2)63-60-57-54-51-48-45-42-39-34-31-28-25-22-19-16-13-10-7-3;/h5-64H2,1-4H3;1H/q+1;/p-1. The fourth-order valence-electron chi connectivity index (χ4n) is 11.1. The average molecular weight is 951 g/mol. The van der Waals surface area contributed by atoms with E-state index in [1.54, 1.807) is 0 Å².